The standard InChI is InChI=1S/C30H35N3O4/c1-23-27(22-32(18-19-35-2)21-26(34)20-24-12-6-4-7-13-24)30(33(31-23)25-14-8-5-9-15-25)37-29-17-11-10-16-28(29)36-3/h4-17,26,34H,18-22H2,1-3H3. The molecule has 0 radical (unpaired) electrons. The van der Waals surface area contributed by atoms with Crippen molar-refractivity contribution in [2.24, 2.45) is 0 Å². The minimum Gasteiger partial charge on any atom is -0.493 e. The van der Waals surface area contributed by atoms with Crippen molar-refractivity contribution in [3.63, 3.8) is 0 Å². The number of aliphatic hydroxyl groups is 1. The van der Waals surface area contributed by atoms with Gasteiger partial charge in [-0.2, -0.15) is 5.10 Å². The summed E-state index contributed by atoms with van der Waals surface area (Å²) in [6, 6.07) is 27.5. The van der Waals surface area contributed by atoms with Crippen molar-refractivity contribution in [2.45, 2.75) is 26.0 Å². The number of methoxy groups -OCH3 is 2. The number of aliphatic hydroxyl groups excluding tert-OH is 1. The van der Waals surface area contributed by atoms with Crippen LogP contribution in [0.25, 0.3) is 5.69 Å². The van der Waals surface area contributed by atoms with Gasteiger partial charge in [0.05, 0.1) is 36.8 Å². The van der Waals surface area contributed by atoms with Gasteiger partial charge in [0, 0.05) is 26.7 Å². The summed E-state index contributed by atoms with van der Waals surface area (Å²) in [6.45, 7) is 4.22. The van der Waals surface area contributed by atoms with Crippen LogP contribution in [0.3, 0.4) is 0 Å². The largest absolute Gasteiger partial charge is 0.493 e. The molecule has 0 spiro atoms. The maximum atomic E-state index is 10.9. The van der Waals surface area contributed by atoms with Crippen molar-refractivity contribution >= 4 is 0 Å². The summed E-state index contributed by atoms with van der Waals surface area (Å²) in [6.07, 6.45) is 0.0549. The molecule has 0 aliphatic heterocycles. The van der Waals surface area contributed by atoms with Gasteiger partial charge in [-0.3, -0.25) is 4.90 Å². The Hall–Kier alpha value is -3.65. The van der Waals surface area contributed by atoms with Crippen molar-refractivity contribution < 1.29 is 19.3 Å². The molecule has 1 unspecified atom stereocenters. The summed E-state index contributed by atoms with van der Waals surface area (Å²) in [5.41, 5.74) is 3.80. The Morgan fingerprint density at radius 3 is 2.22 bits per heavy atom. The maximum Gasteiger partial charge on any atom is 0.227 e. The third-order valence-corrected chi connectivity index (χ3v) is 6.19. The Morgan fingerprint density at radius 1 is 0.892 bits per heavy atom. The van der Waals surface area contributed by atoms with Crippen LogP contribution in [0.1, 0.15) is 16.8 Å². The first-order valence-corrected chi connectivity index (χ1v) is 12.5. The number of aryl methyl sites for hydroxylation is 1. The van der Waals surface area contributed by atoms with Crippen LogP contribution in [0.4, 0.5) is 0 Å². The van der Waals surface area contributed by atoms with E-state index in [1.807, 2.05) is 96.5 Å². The van der Waals surface area contributed by atoms with Crippen LogP contribution in [0.5, 0.6) is 17.4 Å². The molecule has 37 heavy (non-hydrogen) atoms. The molecule has 0 fully saturated rings. The van der Waals surface area contributed by atoms with E-state index in [1.54, 1.807) is 14.2 Å². The van der Waals surface area contributed by atoms with Gasteiger partial charge in [0.2, 0.25) is 5.88 Å². The minimum absolute atomic E-state index is 0.488. The van der Waals surface area contributed by atoms with E-state index >= 15 is 0 Å². The third-order valence-electron chi connectivity index (χ3n) is 6.19. The molecule has 0 saturated carbocycles. The number of rotatable bonds is 13. The lowest BCUT2D eigenvalue weighted by molar-refractivity contribution is 0.0846. The summed E-state index contributed by atoms with van der Waals surface area (Å²) < 4.78 is 19.2. The van der Waals surface area contributed by atoms with Gasteiger partial charge >= 0.3 is 0 Å². The molecule has 1 atom stereocenters. The third kappa shape index (κ3) is 6.98. The van der Waals surface area contributed by atoms with E-state index in [4.69, 9.17) is 19.3 Å². The molecule has 3 aromatic carbocycles. The highest BCUT2D eigenvalue weighted by molar-refractivity contribution is 5.47. The number of nitrogens with zero attached hydrogens (tertiary/aromatic N) is 3. The molecule has 0 aliphatic rings. The Bertz CT molecular complexity index is 1240. The molecule has 1 N–H and O–H groups in total. The van der Waals surface area contributed by atoms with E-state index in [0.717, 1.165) is 22.5 Å². The first kappa shape index (κ1) is 26.4. The average molecular weight is 502 g/mol. The number of ether oxygens (including phenoxy) is 3. The second-order valence-corrected chi connectivity index (χ2v) is 8.94. The number of benzene rings is 3. The summed E-state index contributed by atoms with van der Waals surface area (Å²) in [4.78, 5) is 2.19. The quantitative estimate of drug-likeness (QED) is 0.277. The van der Waals surface area contributed by atoms with Gasteiger partial charge in [0.1, 0.15) is 0 Å². The second-order valence-electron chi connectivity index (χ2n) is 8.94. The summed E-state index contributed by atoms with van der Waals surface area (Å²) in [5.74, 6) is 1.87. The minimum atomic E-state index is -0.526. The van der Waals surface area contributed by atoms with E-state index in [-0.39, 0.29) is 0 Å². The van der Waals surface area contributed by atoms with Crippen LogP contribution in [0.15, 0.2) is 84.9 Å². The van der Waals surface area contributed by atoms with Crippen LogP contribution in [0, 0.1) is 6.92 Å². The molecular formula is C30H35N3O4. The van der Waals surface area contributed by atoms with Gasteiger partial charge in [0.15, 0.2) is 11.5 Å². The van der Waals surface area contributed by atoms with E-state index in [2.05, 4.69) is 4.90 Å². The Balaban J connectivity index is 1.65. The number of aromatic nitrogens is 2. The van der Waals surface area contributed by atoms with Crippen LogP contribution < -0.4 is 9.47 Å². The molecule has 7 nitrogen and oxygen atoms in total. The number of hydrogen-bond donors (Lipinski definition) is 1. The molecule has 7 heteroatoms. The molecule has 1 heterocycles. The van der Waals surface area contributed by atoms with Gasteiger partial charge in [-0.05, 0) is 43.2 Å². The lowest BCUT2D eigenvalue weighted by Gasteiger charge is -2.25. The molecule has 0 aliphatic carbocycles. The predicted molar refractivity (Wildman–Crippen MR) is 145 cm³/mol. The number of para-hydroxylation sites is 3. The Labute approximate surface area is 218 Å². The first-order chi connectivity index (χ1) is 18.1. The first-order valence-electron chi connectivity index (χ1n) is 12.5. The molecule has 4 rings (SSSR count). The zero-order chi connectivity index (χ0) is 26.0. The summed E-state index contributed by atoms with van der Waals surface area (Å²) in [7, 11) is 3.32. The molecule has 0 saturated heterocycles. The monoisotopic (exact) mass is 501 g/mol. The highest BCUT2D eigenvalue weighted by atomic mass is 16.5. The van der Waals surface area contributed by atoms with Gasteiger partial charge < -0.3 is 19.3 Å². The van der Waals surface area contributed by atoms with Crippen LogP contribution in [-0.2, 0) is 17.7 Å². The average Bonchev–Trinajstić information content (AvgIpc) is 3.23. The van der Waals surface area contributed by atoms with E-state index in [0.29, 0.717) is 50.0 Å². The normalized spacial score (nSPS) is 12.0. The van der Waals surface area contributed by atoms with Gasteiger partial charge in [0.25, 0.3) is 0 Å². The topological polar surface area (TPSA) is 69.0 Å². The zero-order valence-electron chi connectivity index (χ0n) is 21.7. The lowest BCUT2D eigenvalue weighted by atomic mass is 10.1. The Morgan fingerprint density at radius 2 is 1.54 bits per heavy atom. The molecule has 194 valence electrons. The smallest absolute Gasteiger partial charge is 0.227 e. The van der Waals surface area contributed by atoms with Crippen molar-refractivity contribution in [1.82, 2.24) is 14.7 Å². The second kappa shape index (κ2) is 13.1. The molecule has 0 amide bonds. The summed E-state index contributed by atoms with van der Waals surface area (Å²) in [5, 5.41) is 15.8. The van der Waals surface area contributed by atoms with Gasteiger partial charge in [-0.25, -0.2) is 4.68 Å². The maximum absolute atomic E-state index is 10.9. The molecule has 1 aromatic heterocycles. The van der Waals surface area contributed by atoms with E-state index in [1.165, 1.54) is 0 Å². The molecular weight excluding hydrogens is 466 g/mol. The highest BCUT2D eigenvalue weighted by Crippen LogP contribution is 2.36. The predicted octanol–water partition coefficient (Wildman–Crippen LogP) is 5.03. The number of hydrogen-bond acceptors (Lipinski definition) is 6. The fourth-order valence-corrected chi connectivity index (χ4v) is 4.30. The van der Waals surface area contributed by atoms with E-state index in [9.17, 15) is 5.11 Å². The Kier molecular flexibility index (Phi) is 9.32. The van der Waals surface area contributed by atoms with Crippen molar-refractivity contribution in [3.8, 4) is 23.1 Å². The fourth-order valence-electron chi connectivity index (χ4n) is 4.30. The van der Waals surface area contributed by atoms with Gasteiger partial charge in [-0.15, -0.1) is 0 Å². The van der Waals surface area contributed by atoms with Crippen molar-refractivity contribution in [1.29, 1.82) is 0 Å². The summed E-state index contributed by atoms with van der Waals surface area (Å²) >= 11 is 0. The van der Waals surface area contributed by atoms with E-state index < -0.39 is 6.10 Å². The lowest BCUT2D eigenvalue weighted by Crippen LogP contribution is -2.35. The van der Waals surface area contributed by atoms with Crippen LogP contribution in [0.2, 0.25) is 0 Å². The molecule has 0 bridgehead atoms. The van der Waals surface area contributed by atoms with Crippen LogP contribution in [-0.4, -0.2) is 59.8 Å². The SMILES string of the molecule is COCCN(Cc1c(C)nn(-c2ccccc2)c1Oc1ccccc1OC)CC(O)Cc1ccccc1. The fraction of sp³-hybridized carbons (Fsp3) is 0.300. The molecule has 4 aromatic rings. The zero-order valence-corrected chi connectivity index (χ0v) is 21.7. The van der Waals surface area contributed by atoms with Crippen LogP contribution >= 0.6 is 0 Å². The van der Waals surface area contributed by atoms with Crippen molar-refractivity contribution in [2.75, 3.05) is 33.9 Å². The van der Waals surface area contributed by atoms with Gasteiger partial charge in [-0.1, -0.05) is 60.7 Å². The highest BCUT2D eigenvalue weighted by Gasteiger charge is 2.23. The van der Waals surface area contributed by atoms with Crippen molar-refractivity contribution in [3.05, 3.63) is 102 Å².